The lowest BCUT2D eigenvalue weighted by Crippen LogP contribution is -1.62. The van der Waals surface area contributed by atoms with Gasteiger partial charge in [-0.3, -0.25) is 0 Å². The van der Waals surface area contributed by atoms with Crippen LogP contribution in [-0.2, 0) is 0 Å². The third kappa shape index (κ3) is 3.88. The third-order valence-corrected chi connectivity index (χ3v) is 1.13. The van der Waals surface area contributed by atoms with E-state index in [1.165, 1.54) is 0 Å². The molecule has 1 aromatic rings. The van der Waals surface area contributed by atoms with Gasteiger partial charge in [-0.1, -0.05) is 26.7 Å². The highest BCUT2D eigenvalue weighted by molar-refractivity contribution is 5.25. The van der Waals surface area contributed by atoms with Crippen molar-refractivity contribution in [3.8, 4) is 11.8 Å². The molecule has 0 radical (unpaired) electrons. The molecule has 12 heavy (non-hydrogen) atoms. The topological polar surface area (TPSA) is 13.1 Å². The van der Waals surface area contributed by atoms with Gasteiger partial charge in [-0.25, -0.2) is 0 Å². The van der Waals surface area contributed by atoms with Crippen LogP contribution >= 0.6 is 0 Å². The maximum absolute atomic E-state index is 5.21. The second kappa shape index (κ2) is 6.54. The van der Waals surface area contributed by atoms with Crippen molar-refractivity contribution >= 4 is 0 Å². The third-order valence-electron chi connectivity index (χ3n) is 1.13. The van der Waals surface area contributed by atoms with Crippen molar-refractivity contribution < 1.29 is 4.42 Å². The number of furan rings is 1. The molecule has 1 heterocycles. The Bertz CT molecular complexity index is 260. The predicted molar refractivity (Wildman–Crippen MR) is 52.0 cm³/mol. The lowest BCUT2D eigenvalue weighted by molar-refractivity contribution is 0.522. The first kappa shape index (κ1) is 10.8. The first-order valence-corrected chi connectivity index (χ1v) is 4.38. The minimum absolute atomic E-state index is 0.763. The van der Waals surface area contributed by atoms with Crippen molar-refractivity contribution in [2.75, 3.05) is 0 Å². The Morgan fingerprint density at radius 1 is 1.33 bits per heavy atom. The van der Waals surface area contributed by atoms with Crippen LogP contribution in [0.3, 0.4) is 0 Å². The molecule has 0 saturated carbocycles. The van der Waals surface area contributed by atoms with E-state index in [2.05, 4.69) is 11.8 Å². The van der Waals surface area contributed by atoms with Crippen LogP contribution in [0.5, 0.6) is 0 Å². The number of hydrogen-bond donors (Lipinski definition) is 0. The summed E-state index contributed by atoms with van der Waals surface area (Å²) in [5, 5.41) is 0. The van der Waals surface area contributed by atoms with Gasteiger partial charge >= 0.3 is 0 Å². The lowest BCUT2D eigenvalue weighted by atomic mass is 10.4. The quantitative estimate of drug-likeness (QED) is 0.536. The fraction of sp³-hybridized carbons (Fsp3) is 0.455. The van der Waals surface area contributed by atoms with Gasteiger partial charge in [0.25, 0.3) is 0 Å². The summed E-state index contributed by atoms with van der Waals surface area (Å²) in [4.78, 5) is 0. The van der Waals surface area contributed by atoms with Gasteiger partial charge in [0.15, 0.2) is 5.76 Å². The molecule has 1 aromatic heterocycles. The van der Waals surface area contributed by atoms with Crippen molar-refractivity contribution in [3.63, 3.8) is 0 Å². The van der Waals surface area contributed by atoms with Crippen LogP contribution in [0, 0.1) is 18.8 Å². The highest BCUT2D eigenvalue weighted by Crippen LogP contribution is 2.03. The van der Waals surface area contributed by atoms with Crippen LogP contribution < -0.4 is 0 Å². The van der Waals surface area contributed by atoms with Gasteiger partial charge in [0.05, 0.1) is 0 Å². The molecule has 0 aromatic carbocycles. The summed E-state index contributed by atoms with van der Waals surface area (Å²) in [6.07, 6.45) is 0.875. The number of hydrogen-bond acceptors (Lipinski definition) is 1. The Morgan fingerprint density at radius 3 is 2.42 bits per heavy atom. The summed E-state index contributed by atoms with van der Waals surface area (Å²) in [6, 6.07) is 3.80. The average Bonchev–Trinajstić information content (AvgIpc) is 2.51. The monoisotopic (exact) mass is 164 g/mol. The van der Waals surface area contributed by atoms with Crippen molar-refractivity contribution in [2.45, 2.75) is 34.1 Å². The van der Waals surface area contributed by atoms with Crippen LogP contribution in [0.2, 0.25) is 0 Å². The highest BCUT2D eigenvalue weighted by Gasteiger charge is 1.90. The summed E-state index contributed by atoms with van der Waals surface area (Å²) < 4.78 is 5.21. The molecule has 1 rings (SSSR count). The first-order chi connectivity index (χ1) is 5.83. The van der Waals surface area contributed by atoms with E-state index in [1.807, 2.05) is 39.8 Å². The molecule has 0 aliphatic rings. The number of rotatable bonds is 0. The SMILES string of the molecule is CC.CCC#Cc1ccc(C)o1. The minimum Gasteiger partial charge on any atom is -0.453 e. The van der Waals surface area contributed by atoms with Crippen molar-refractivity contribution in [3.05, 3.63) is 23.7 Å². The molecule has 0 unspecified atom stereocenters. The second-order valence-corrected chi connectivity index (χ2v) is 2.07. The summed E-state index contributed by atoms with van der Waals surface area (Å²) >= 11 is 0. The van der Waals surface area contributed by atoms with Crippen LogP contribution in [0.4, 0.5) is 0 Å². The molecule has 0 aliphatic heterocycles. The number of aryl methyl sites for hydroxylation is 1. The van der Waals surface area contributed by atoms with Gasteiger partial charge in [0, 0.05) is 6.42 Å². The smallest absolute Gasteiger partial charge is 0.177 e. The largest absolute Gasteiger partial charge is 0.453 e. The molecule has 0 amide bonds. The molecule has 0 atom stereocenters. The normalized spacial score (nSPS) is 7.67. The molecule has 0 spiro atoms. The van der Waals surface area contributed by atoms with E-state index in [1.54, 1.807) is 0 Å². The Labute approximate surface area is 74.8 Å². The second-order valence-electron chi connectivity index (χ2n) is 2.07. The molecular formula is C11H16O. The van der Waals surface area contributed by atoms with E-state index < -0.39 is 0 Å². The van der Waals surface area contributed by atoms with E-state index in [0.717, 1.165) is 17.9 Å². The molecular weight excluding hydrogens is 148 g/mol. The molecule has 0 saturated heterocycles. The van der Waals surface area contributed by atoms with E-state index in [-0.39, 0.29) is 0 Å². The van der Waals surface area contributed by atoms with Gasteiger partial charge in [-0.15, -0.1) is 0 Å². The van der Waals surface area contributed by atoms with Gasteiger partial charge in [0.2, 0.25) is 0 Å². The Kier molecular flexibility index (Phi) is 5.91. The van der Waals surface area contributed by atoms with Crippen molar-refractivity contribution in [1.29, 1.82) is 0 Å². The lowest BCUT2D eigenvalue weighted by Gasteiger charge is -1.78. The molecule has 66 valence electrons. The first-order valence-electron chi connectivity index (χ1n) is 4.38. The van der Waals surface area contributed by atoms with Crippen LogP contribution in [-0.4, -0.2) is 0 Å². The van der Waals surface area contributed by atoms with Gasteiger partial charge < -0.3 is 4.42 Å². The van der Waals surface area contributed by atoms with Crippen molar-refractivity contribution in [2.24, 2.45) is 0 Å². The average molecular weight is 164 g/mol. The molecule has 0 aliphatic carbocycles. The fourth-order valence-corrected chi connectivity index (χ4v) is 0.677. The molecule has 1 nitrogen and oxygen atoms in total. The maximum Gasteiger partial charge on any atom is 0.177 e. The zero-order chi connectivity index (χ0) is 9.40. The standard InChI is InChI=1S/C9H10O.C2H6/c1-3-4-5-9-7-6-8(2)10-9;1-2/h6-7H,3H2,1-2H3;1-2H3. The van der Waals surface area contributed by atoms with E-state index in [0.29, 0.717) is 0 Å². The zero-order valence-corrected chi connectivity index (χ0v) is 8.27. The Balaban J connectivity index is 0.000000561. The van der Waals surface area contributed by atoms with Crippen LogP contribution in [0.15, 0.2) is 16.5 Å². The van der Waals surface area contributed by atoms with Crippen LogP contribution in [0.1, 0.15) is 38.7 Å². The molecule has 0 N–H and O–H groups in total. The molecule has 0 bridgehead atoms. The summed E-state index contributed by atoms with van der Waals surface area (Å²) in [5.74, 6) is 7.51. The fourth-order valence-electron chi connectivity index (χ4n) is 0.677. The Hall–Kier alpha value is -1.16. The molecule has 0 fully saturated rings. The van der Waals surface area contributed by atoms with E-state index >= 15 is 0 Å². The van der Waals surface area contributed by atoms with Crippen LogP contribution in [0.25, 0.3) is 0 Å². The van der Waals surface area contributed by atoms with E-state index in [4.69, 9.17) is 4.42 Å². The zero-order valence-electron chi connectivity index (χ0n) is 8.27. The Morgan fingerprint density at radius 2 is 2.00 bits per heavy atom. The highest BCUT2D eigenvalue weighted by atomic mass is 16.3. The predicted octanol–water partition coefficient (Wildman–Crippen LogP) is 3.38. The van der Waals surface area contributed by atoms with Gasteiger partial charge in [-0.05, 0) is 25.0 Å². The summed E-state index contributed by atoms with van der Waals surface area (Å²) in [6.45, 7) is 7.93. The summed E-state index contributed by atoms with van der Waals surface area (Å²) in [5.41, 5.74) is 0. The molecule has 1 heteroatoms. The van der Waals surface area contributed by atoms with Gasteiger partial charge in [0.1, 0.15) is 5.76 Å². The summed E-state index contributed by atoms with van der Waals surface area (Å²) in [7, 11) is 0. The van der Waals surface area contributed by atoms with Crippen molar-refractivity contribution in [1.82, 2.24) is 0 Å². The minimum atomic E-state index is 0.763. The maximum atomic E-state index is 5.21. The van der Waals surface area contributed by atoms with Gasteiger partial charge in [-0.2, -0.15) is 0 Å². The van der Waals surface area contributed by atoms with E-state index in [9.17, 15) is 0 Å².